The normalized spacial score (nSPS) is 13.4. The largest absolute Gasteiger partial charge is 0.490 e. The number of nitrogens with zero attached hydrogens (tertiary/aromatic N) is 4. The van der Waals surface area contributed by atoms with Crippen LogP contribution in [0.1, 0.15) is 58.5 Å². The van der Waals surface area contributed by atoms with Crippen LogP contribution in [0.25, 0.3) is 33.7 Å². The number of carbonyl (C=O) groups excluding carboxylic acids is 2. The number of hydrogen-bond acceptors (Lipinski definition) is 9. The van der Waals surface area contributed by atoms with E-state index < -0.39 is 5.97 Å². The summed E-state index contributed by atoms with van der Waals surface area (Å²) in [5.74, 6) is 1.68. The summed E-state index contributed by atoms with van der Waals surface area (Å²) in [5, 5.41) is 12.4. The molecular weight excluding hydrogens is 606 g/mol. The zero-order valence-corrected chi connectivity index (χ0v) is 27.4. The lowest BCUT2D eigenvalue weighted by atomic mass is 9.96. The summed E-state index contributed by atoms with van der Waals surface area (Å²) in [6.45, 7) is 8.46. The molecule has 10 heteroatoms. The maximum Gasteiger partial charge on any atom is 0.341 e. The Hall–Kier alpha value is -5.69. The molecule has 10 nitrogen and oxygen atoms in total. The molecule has 3 heterocycles. The van der Waals surface area contributed by atoms with Crippen LogP contribution in [-0.4, -0.2) is 54.7 Å². The van der Waals surface area contributed by atoms with Crippen molar-refractivity contribution in [1.29, 1.82) is 5.26 Å². The van der Waals surface area contributed by atoms with Gasteiger partial charge in [0.25, 0.3) is 5.91 Å². The molecule has 0 saturated carbocycles. The molecule has 0 unspecified atom stereocenters. The Labute approximate surface area is 279 Å². The number of benzene rings is 3. The standard InChI is InChI=1S/C38H37N5O5/c1-23(2)47-33-11-5-24(3)17-30(33)29-10-12-34(40-22-29)43-15-13-25(14-16-43)21-41-36(44)27-6-8-28(9-7-27)37-42-32-19-26(20-39)18-31(35(32)48-37)38(45)46-4/h5-12,17-19,22-23,25H,13-16,21H2,1-4H3,(H,41,44). The minimum absolute atomic E-state index is 0.0862. The van der Waals surface area contributed by atoms with E-state index in [4.69, 9.17) is 18.9 Å². The Balaban J connectivity index is 1.03. The summed E-state index contributed by atoms with van der Waals surface area (Å²) in [6, 6.07) is 22.3. The fourth-order valence-electron chi connectivity index (χ4n) is 5.91. The van der Waals surface area contributed by atoms with Crippen LogP contribution in [0.5, 0.6) is 5.75 Å². The number of aryl methyl sites for hydroxylation is 1. The van der Waals surface area contributed by atoms with Gasteiger partial charge in [-0.25, -0.2) is 14.8 Å². The number of carbonyl (C=O) groups is 2. The van der Waals surface area contributed by atoms with Gasteiger partial charge in [-0.2, -0.15) is 5.26 Å². The van der Waals surface area contributed by atoms with Gasteiger partial charge >= 0.3 is 5.97 Å². The number of aromatic nitrogens is 2. The van der Waals surface area contributed by atoms with Crippen LogP contribution < -0.4 is 15.0 Å². The van der Waals surface area contributed by atoms with Gasteiger partial charge < -0.3 is 24.1 Å². The van der Waals surface area contributed by atoms with Crippen molar-refractivity contribution in [2.45, 2.75) is 39.7 Å². The fraction of sp³-hybridized carbons (Fsp3) is 0.289. The predicted octanol–water partition coefficient (Wildman–Crippen LogP) is 6.96. The van der Waals surface area contributed by atoms with E-state index in [1.807, 2.05) is 32.2 Å². The monoisotopic (exact) mass is 643 g/mol. The van der Waals surface area contributed by atoms with Crippen LogP contribution in [0.3, 0.4) is 0 Å². The Morgan fingerprint density at radius 2 is 1.79 bits per heavy atom. The summed E-state index contributed by atoms with van der Waals surface area (Å²) < 4.78 is 16.8. The van der Waals surface area contributed by atoms with E-state index in [0.717, 1.165) is 48.6 Å². The molecule has 1 saturated heterocycles. The number of amides is 1. The number of piperidine rings is 1. The molecule has 6 rings (SSSR count). The van der Waals surface area contributed by atoms with Crippen LogP contribution in [0.4, 0.5) is 5.82 Å². The Morgan fingerprint density at radius 3 is 2.46 bits per heavy atom. The molecule has 1 fully saturated rings. The van der Waals surface area contributed by atoms with Gasteiger partial charge in [-0.1, -0.05) is 11.6 Å². The second-order valence-corrected chi connectivity index (χ2v) is 12.3. The average molecular weight is 644 g/mol. The maximum atomic E-state index is 13.0. The molecule has 0 atom stereocenters. The zero-order chi connectivity index (χ0) is 33.8. The first-order valence-electron chi connectivity index (χ1n) is 16.0. The molecule has 1 N–H and O–H groups in total. The number of rotatable bonds is 9. The van der Waals surface area contributed by atoms with E-state index in [9.17, 15) is 14.9 Å². The summed E-state index contributed by atoms with van der Waals surface area (Å²) in [4.78, 5) is 36.8. The SMILES string of the molecule is COC(=O)c1cc(C#N)cc2nc(-c3ccc(C(=O)NCC4CCN(c5ccc(-c6cc(C)ccc6OC(C)C)cn5)CC4)cc3)oc12. The smallest absolute Gasteiger partial charge is 0.341 e. The van der Waals surface area contributed by atoms with Crippen LogP contribution in [-0.2, 0) is 4.74 Å². The third-order valence-electron chi connectivity index (χ3n) is 8.46. The van der Waals surface area contributed by atoms with E-state index in [1.54, 1.807) is 30.3 Å². The molecule has 1 aliphatic rings. The lowest BCUT2D eigenvalue weighted by Crippen LogP contribution is -2.39. The van der Waals surface area contributed by atoms with Crippen LogP contribution >= 0.6 is 0 Å². The zero-order valence-electron chi connectivity index (χ0n) is 27.4. The highest BCUT2D eigenvalue weighted by Crippen LogP contribution is 2.33. The number of pyridine rings is 1. The highest BCUT2D eigenvalue weighted by molar-refractivity contribution is 6.02. The molecule has 3 aromatic carbocycles. The number of anilines is 1. The second-order valence-electron chi connectivity index (χ2n) is 12.3. The Bertz CT molecular complexity index is 1990. The quantitative estimate of drug-likeness (QED) is 0.169. The minimum atomic E-state index is -0.617. The van der Waals surface area contributed by atoms with Crippen molar-refractivity contribution in [2.75, 3.05) is 31.6 Å². The van der Waals surface area contributed by atoms with Crippen molar-refractivity contribution in [2.24, 2.45) is 5.92 Å². The van der Waals surface area contributed by atoms with Gasteiger partial charge in [0.05, 0.1) is 24.8 Å². The Kier molecular flexibility index (Phi) is 9.39. The third kappa shape index (κ3) is 7.00. The van der Waals surface area contributed by atoms with E-state index in [2.05, 4.69) is 46.4 Å². The molecule has 0 spiro atoms. The van der Waals surface area contributed by atoms with Crippen LogP contribution in [0.2, 0.25) is 0 Å². The third-order valence-corrected chi connectivity index (χ3v) is 8.46. The molecule has 2 aromatic heterocycles. The first-order valence-corrected chi connectivity index (χ1v) is 16.0. The van der Waals surface area contributed by atoms with Gasteiger partial charge in [-0.3, -0.25) is 4.79 Å². The summed E-state index contributed by atoms with van der Waals surface area (Å²) in [5.41, 5.74) is 5.42. The topological polar surface area (TPSA) is 131 Å². The first kappa shape index (κ1) is 32.3. The number of methoxy groups -OCH3 is 1. The maximum absolute atomic E-state index is 13.0. The van der Waals surface area contributed by atoms with Gasteiger partial charge in [0.1, 0.15) is 22.6 Å². The van der Waals surface area contributed by atoms with Crippen molar-refractivity contribution in [1.82, 2.24) is 15.3 Å². The predicted molar refractivity (Wildman–Crippen MR) is 183 cm³/mol. The number of fused-ring (bicyclic) bond motifs is 1. The number of nitriles is 1. The van der Waals surface area contributed by atoms with Crippen LogP contribution in [0, 0.1) is 24.2 Å². The van der Waals surface area contributed by atoms with Crippen molar-refractivity contribution in [3.8, 4) is 34.4 Å². The molecule has 0 bridgehead atoms. The van der Waals surface area contributed by atoms with Crippen LogP contribution in [0.15, 0.2) is 77.3 Å². The molecule has 244 valence electrons. The molecule has 1 amide bonds. The van der Waals surface area contributed by atoms with Crippen molar-refractivity contribution in [3.05, 3.63) is 95.2 Å². The summed E-state index contributed by atoms with van der Waals surface area (Å²) in [6.07, 6.45) is 3.91. The highest BCUT2D eigenvalue weighted by atomic mass is 16.5. The molecule has 48 heavy (non-hydrogen) atoms. The number of ether oxygens (including phenoxy) is 2. The van der Waals surface area contributed by atoms with Gasteiger partial charge in [0, 0.05) is 48.1 Å². The van der Waals surface area contributed by atoms with Crippen molar-refractivity contribution in [3.63, 3.8) is 0 Å². The molecule has 5 aromatic rings. The number of esters is 1. The summed E-state index contributed by atoms with van der Waals surface area (Å²) in [7, 11) is 1.26. The van der Waals surface area contributed by atoms with Gasteiger partial charge in [-0.15, -0.1) is 0 Å². The number of oxazole rings is 1. The first-order chi connectivity index (χ1) is 23.2. The van der Waals surface area contributed by atoms with Gasteiger partial charge in [0.15, 0.2) is 5.58 Å². The Morgan fingerprint density at radius 1 is 1.04 bits per heavy atom. The lowest BCUT2D eigenvalue weighted by molar-refractivity contribution is 0.0601. The van der Waals surface area contributed by atoms with Crippen molar-refractivity contribution >= 4 is 28.8 Å². The van der Waals surface area contributed by atoms with Gasteiger partial charge in [-0.05, 0) is 100 Å². The molecule has 0 radical (unpaired) electrons. The highest BCUT2D eigenvalue weighted by Gasteiger charge is 2.22. The number of nitrogens with one attached hydrogen (secondary N) is 1. The van der Waals surface area contributed by atoms with E-state index in [-0.39, 0.29) is 34.6 Å². The van der Waals surface area contributed by atoms with Gasteiger partial charge in [0.2, 0.25) is 5.89 Å². The number of hydrogen-bond donors (Lipinski definition) is 1. The average Bonchev–Trinajstić information content (AvgIpc) is 3.55. The second kappa shape index (κ2) is 14.0. The molecule has 1 aliphatic heterocycles. The van der Waals surface area contributed by atoms with Crippen molar-refractivity contribution < 1.29 is 23.5 Å². The lowest BCUT2D eigenvalue weighted by Gasteiger charge is -2.33. The minimum Gasteiger partial charge on any atom is -0.490 e. The van der Waals surface area contributed by atoms with E-state index in [0.29, 0.717) is 29.1 Å². The molecule has 0 aliphatic carbocycles. The molecular formula is C38H37N5O5. The fourth-order valence-corrected chi connectivity index (χ4v) is 5.91. The van der Waals surface area contributed by atoms with E-state index in [1.165, 1.54) is 18.7 Å². The summed E-state index contributed by atoms with van der Waals surface area (Å²) >= 11 is 0. The van der Waals surface area contributed by atoms with E-state index >= 15 is 0 Å².